The third kappa shape index (κ3) is 4.74. The van der Waals surface area contributed by atoms with Gasteiger partial charge in [-0.3, -0.25) is 4.79 Å². The molecule has 27 heavy (non-hydrogen) atoms. The highest BCUT2D eigenvalue weighted by atomic mass is 35.5. The Hall–Kier alpha value is -3.12. The number of anilines is 3. The normalized spacial score (nSPS) is 10.4. The van der Waals surface area contributed by atoms with Gasteiger partial charge in [-0.2, -0.15) is 0 Å². The highest BCUT2D eigenvalue weighted by molar-refractivity contribution is 6.30. The topological polar surface area (TPSA) is 76.1 Å². The molecule has 2 N–H and O–H groups in total. The smallest absolute Gasteiger partial charge is 0.274 e. The van der Waals surface area contributed by atoms with E-state index in [1.165, 1.54) is 0 Å². The van der Waals surface area contributed by atoms with Gasteiger partial charge in [-0.05, 0) is 55.8 Å². The lowest BCUT2D eigenvalue weighted by Gasteiger charge is -2.13. The molecule has 0 fully saturated rings. The number of amides is 1. The quantitative estimate of drug-likeness (QED) is 0.665. The maximum atomic E-state index is 12.5. The van der Waals surface area contributed by atoms with Crippen molar-refractivity contribution in [3.8, 4) is 5.75 Å². The van der Waals surface area contributed by atoms with Gasteiger partial charge >= 0.3 is 0 Å². The Morgan fingerprint density at radius 2 is 1.78 bits per heavy atom. The number of benzene rings is 2. The maximum absolute atomic E-state index is 12.5. The van der Waals surface area contributed by atoms with E-state index in [0.29, 0.717) is 28.1 Å². The summed E-state index contributed by atoms with van der Waals surface area (Å²) in [5.41, 5.74) is 2.73. The van der Waals surface area contributed by atoms with Crippen LogP contribution >= 0.6 is 11.6 Å². The molecule has 1 aromatic heterocycles. The summed E-state index contributed by atoms with van der Waals surface area (Å²) >= 11 is 5.87. The first-order valence-corrected chi connectivity index (χ1v) is 8.66. The van der Waals surface area contributed by atoms with Crippen molar-refractivity contribution >= 4 is 34.7 Å². The molecule has 3 rings (SSSR count). The van der Waals surface area contributed by atoms with E-state index in [-0.39, 0.29) is 11.6 Å². The molecule has 138 valence electrons. The van der Waals surface area contributed by atoms with E-state index in [4.69, 9.17) is 16.3 Å². The largest absolute Gasteiger partial charge is 0.495 e. The van der Waals surface area contributed by atoms with Crippen molar-refractivity contribution in [3.05, 3.63) is 70.6 Å². The third-order valence-corrected chi connectivity index (χ3v) is 4.04. The lowest BCUT2D eigenvalue weighted by molar-refractivity contribution is 0.102. The fourth-order valence-corrected chi connectivity index (χ4v) is 2.66. The molecule has 0 aliphatic carbocycles. The van der Waals surface area contributed by atoms with E-state index in [0.717, 1.165) is 11.3 Å². The van der Waals surface area contributed by atoms with Crippen LogP contribution in [0.15, 0.2) is 48.5 Å². The molecule has 3 aromatic rings. The molecule has 0 atom stereocenters. The average Bonchev–Trinajstić information content (AvgIpc) is 2.63. The Labute approximate surface area is 162 Å². The molecule has 0 saturated carbocycles. The van der Waals surface area contributed by atoms with E-state index in [9.17, 15) is 4.79 Å². The van der Waals surface area contributed by atoms with Crippen molar-refractivity contribution in [1.29, 1.82) is 0 Å². The summed E-state index contributed by atoms with van der Waals surface area (Å²) < 4.78 is 5.37. The Balaban J connectivity index is 1.85. The highest BCUT2D eigenvalue weighted by Crippen LogP contribution is 2.28. The first-order valence-electron chi connectivity index (χ1n) is 8.29. The number of nitrogens with zero attached hydrogens (tertiary/aromatic N) is 2. The molecular formula is C20H19ClN4O2. The van der Waals surface area contributed by atoms with E-state index in [2.05, 4.69) is 20.6 Å². The Morgan fingerprint density at radius 3 is 2.48 bits per heavy atom. The predicted molar refractivity (Wildman–Crippen MR) is 107 cm³/mol. The van der Waals surface area contributed by atoms with E-state index in [1.54, 1.807) is 44.4 Å². The molecule has 0 saturated heterocycles. The number of nitrogens with one attached hydrogen (secondary N) is 2. The van der Waals surface area contributed by atoms with Crippen LogP contribution in [0.2, 0.25) is 5.02 Å². The number of methoxy groups -OCH3 is 1. The summed E-state index contributed by atoms with van der Waals surface area (Å²) in [6.45, 7) is 3.72. The maximum Gasteiger partial charge on any atom is 0.274 e. The van der Waals surface area contributed by atoms with Crippen molar-refractivity contribution in [2.45, 2.75) is 13.8 Å². The van der Waals surface area contributed by atoms with Crippen LogP contribution < -0.4 is 15.4 Å². The minimum Gasteiger partial charge on any atom is -0.495 e. The molecule has 0 bridgehead atoms. The fourth-order valence-electron chi connectivity index (χ4n) is 2.53. The molecule has 1 amide bonds. The van der Waals surface area contributed by atoms with Crippen LogP contribution in [0.25, 0.3) is 0 Å². The molecule has 0 aliphatic heterocycles. The van der Waals surface area contributed by atoms with Crippen molar-refractivity contribution in [2.75, 3.05) is 17.7 Å². The minimum atomic E-state index is -0.331. The zero-order chi connectivity index (χ0) is 19.4. The first kappa shape index (κ1) is 18.7. The van der Waals surface area contributed by atoms with Crippen LogP contribution in [0.5, 0.6) is 5.75 Å². The first-order chi connectivity index (χ1) is 12.9. The second kappa shape index (κ2) is 8.05. The van der Waals surface area contributed by atoms with Crippen LogP contribution in [-0.4, -0.2) is 23.0 Å². The van der Waals surface area contributed by atoms with Gasteiger partial charge in [-0.15, -0.1) is 0 Å². The number of carbonyl (C=O) groups is 1. The number of ether oxygens (including phenoxy) is 1. The van der Waals surface area contributed by atoms with Gasteiger partial charge in [0, 0.05) is 16.8 Å². The van der Waals surface area contributed by atoms with Crippen molar-refractivity contribution in [1.82, 2.24) is 9.97 Å². The zero-order valence-corrected chi connectivity index (χ0v) is 16.0. The van der Waals surface area contributed by atoms with Crippen LogP contribution in [0, 0.1) is 13.8 Å². The molecule has 0 spiro atoms. The number of halogens is 1. The van der Waals surface area contributed by atoms with Gasteiger partial charge in [0.05, 0.1) is 12.8 Å². The van der Waals surface area contributed by atoms with Crippen LogP contribution in [-0.2, 0) is 0 Å². The van der Waals surface area contributed by atoms with E-state index in [1.807, 2.05) is 25.1 Å². The molecule has 7 heteroatoms. The molecular weight excluding hydrogens is 364 g/mol. The number of rotatable bonds is 5. The van der Waals surface area contributed by atoms with Gasteiger partial charge in [0.2, 0.25) is 0 Å². The van der Waals surface area contributed by atoms with Gasteiger partial charge in [0.25, 0.3) is 5.91 Å². The lowest BCUT2D eigenvalue weighted by atomic mass is 10.2. The van der Waals surface area contributed by atoms with E-state index < -0.39 is 0 Å². The number of hydrogen-bond acceptors (Lipinski definition) is 5. The predicted octanol–water partition coefficient (Wildman–Crippen LogP) is 4.75. The van der Waals surface area contributed by atoms with Gasteiger partial charge in [-0.25, -0.2) is 9.97 Å². The second-order valence-electron chi connectivity index (χ2n) is 5.98. The van der Waals surface area contributed by atoms with Gasteiger partial charge in [0.1, 0.15) is 23.1 Å². The van der Waals surface area contributed by atoms with Crippen LogP contribution in [0.3, 0.4) is 0 Å². The van der Waals surface area contributed by atoms with Crippen LogP contribution in [0.4, 0.5) is 17.2 Å². The van der Waals surface area contributed by atoms with Gasteiger partial charge in [-0.1, -0.05) is 17.7 Å². The van der Waals surface area contributed by atoms with Crippen molar-refractivity contribution in [3.63, 3.8) is 0 Å². The molecule has 2 aromatic carbocycles. The Morgan fingerprint density at radius 1 is 1.04 bits per heavy atom. The molecule has 0 aliphatic rings. The number of carbonyl (C=O) groups excluding carboxylic acids is 1. The SMILES string of the molecule is COc1ccc(C)cc1Nc1cc(C(=O)Nc2ccc(Cl)cc2)nc(C)n1. The standard InChI is InChI=1S/C20H19ClN4O2/c1-12-4-9-18(27-3)16(10-12)25-19-11-17(22-13(2)23-19)20(26)24-15-7-5-14(21)6-8-15/h4-11H,1-3H3,(H,24,26)(H,22,23,25). The summed E-state index contributed by atoms with van der Waals surface area (Å²) in [5, 5.41) is 6.59. The van der Waals surface area contributed by atoms with Gasteiger partial charge < -0.3 is 15.4 Å². The van der Waals surface area contributed by atoms with Gasteiger partial charge in [0.15, 0.2) is 0 Å². The van der Waals surface area contributed by atoms with Crippen LogP contribution in [0.1, 0.15) is 21.9 Å². The van der Waals surface area contributed by atoms with E-state index >= 15 is 0 Å². The Kier molecular flexibility index (Phi) is 5.57. The summed E-state index contributed by atoms with van der Waals surface area (Å²) in [5.74, 6) is 1.34. The summed E-state index contributed by atoms with van der Waals surface area (Å²) in [6, 6.07) is 14.2. The number of hydrogen-bond donors (Lipinski definition) is 2. The molecule has 6 nitrogen and oxygen atoms in total. The number of aryl methyl sites for hydroxylation is 2. The molecule has 0 unspecified atom stereocenters. The fraction of sp³-hybridized carbons (Fsp3) is 0.150. The Bertz CT molecular complexity index is 974. The minimum absolute atomic E-state index is 0.256. The van der Waals surface area contributed by atoms with Crippen molar-refractivity contribution < 1.29 is 9.53 Å². The molecule has 0 radical (unpaired) electrons. The monoisotopic (exact) mass is 382 g/mol. The highest BCUT2D eigenvalue weighted by Gasteiger charge is 2.12. The summed E-state index contributed by atoms with van der Waals surface area (Å²) in [6.07, 6.45) is 0. The van der Waals surface area contributed by atoms with Crippen molar-refractivity contribution in [2.24, 2.45) is 0 Å². The average molecular weight is 383 g/mol. The molecule has 1 heterocycles. The third-order valence-electron chi connectivity index (χ3n) is 3.79. The second-order valence-corrected chi connectivity index (χ2v) is 6.41. The zero-order valence-electron chi connectivity index (χ0n) is 15.2. The summed E-state index contributed by atoms with van der Waals surface area (Å²) in [7, 11) is 1.60. The number of aromatic nitrogens is 2. The lowest BCUT2D eigenvalue weighted by Crippen LogP contribution is -2.15. The summed E-state index contributed by atoms with van der Waals surface area (Å²) in [4.78, 5) is 21.1.